The molecule has 1 rings (SSSR count). The normalized spacial score (nSPS) is 11.5. The predicted molar refractivity (Wildman–Crippen MR) is 52.3 cm³/mol. The van der Waals surface area contributed by atoms with E-state index in [-0.39, 0.29) is 0 Å². The van der Waals surface area contributed by atoms with Gasteiger partial charge in [0.2, 0.25) is 0 Å². The van der Waals surface area contributed by atoms with Gasteiger partial charge < -0.3 is 0 Å². The van der Waals surface area contributed by atoms with Gasteiger partial charge in [-0.05, 0) is 24.3 Å². The molecule has 0 spiro atoms. The van der Waals surface area contributed by atoms with E-state index in [0.717, 1.165) is 9.37 Å². The minimum Gasteiger partial charge on any atom is -0.100 e. The summed E-state index contributed by atoms with van der Waals surface area (Å²) in [6.45, 7) is 0. The van der Waals surface area contributed by atoms with Gasteiger partial charge in [0.1, 0.15) is 22.4 Å². The number of hydrogen-bond donors (Lipinski definition) is 0. The Labute approximate surface area is 76.4 Å². The lowest BCUT2D eigenvalue weighted by Crippen LogP contribution is -2.04. The fourth-order valence-electron chi connectivity index (χ4n) is 0.762. The van der Waals surface area contributed by atoms with Gasteiger partial charge in [0.25, 0.3) is 0 Å². The van der Waals surface area contributed by atoms with E-state index < -0.39 is 9.93 Å². The first-order valence-electron chi connectivity index (χ1n) is 3.20. The molecule has 60 valence electrons. The second-order valence-corrected chi connectivity index (χ2v) is 6.54. The van der Waals surface area contributed by atoms with Crippen molar-refractivity contribution < 1.29 is 4.21 Å². The summed E-state index contributed by atoms with van der Waals surface area (Å²) in [5.74, 6) is 0. The predicted octanol–water partition coefficient (Wildman–Crippen LogP) is 2.57. The fraction of sp³-hybridized carbons (Fsp3) is 0.250. The van der Waals surface area contributed by atoms with E-state index in [4.69, 9.17) is 0 Å². The van der Waals surface area contributed by atoms with Gasteiger partial charge in [0, 0.05) is 4.47 Å². The highest BCUT2D eigenvalue weighted by Crippen LogP contribution is 2.17. The van der Waals surface area contributed by atoms with Crippen LogP contribution < -0.4 is 0 Å². The van der Waals surface area contributed by atoms with Crippen LogP contribution in [-0.4, -0.2) is 12.5 Å². The Bertz CT molecular complexity index is 285. The van der Waals surface area contributed by atoms with Crippen LogP contribution in [0.3, 0.4) is 0 Å². The van der Waals surface area contributed by atoms with Crippen molar-refractivity contribution in [1.29, 1.82) is 0 Å². The highest BCUT2D eigenvalue weighted by molar-refractivity contribution is 9.10. The molecule has 0 radical (unpaired) electrons. The zero-order valence-electron chi connectivity index (χ0n) is 6.50. The van der Waals surface area contributed by atoms with Crippen LogP contribution in [0.2, 0.25) is 0 Å². The van der Waals surface area contributed by atoms with Crippen LogP contribution in [0.1, 0.15) is 0 Å². The molecule has 0 heterocycles. The topological polar surface area (TPSA) is 17.1 Å². The number of benzene rings is 1. The van der Waals surface area contributed by atoms with E-state index in [1.54, 1.807) is 12.5 Å². The molecule has 0 bridgehead atoms. The number of hydrogen-bond acceptors (Lipinski definition) is 1. The zero-order valence-corrected chi connectivity index (χ0v) is 8.91. The largest absolute Gasteiger partial charge is 0.157 e. The first-order valence-corrected chi connectivity index (χ1v) is 6.37. The lowest BCUT2D eigenvalue weighted by atomic mass is 10.4. The van der Waals surface area contributed by atoms with E-state index in [1.807, 2.05) is 24.3 Å². The summed E-state index contributed by atoms with van der Waals surface area (Å²) in [5, 5.41) is 0. The summed E-state index contributed by atoms with van der Waals surface area (Å²) >= 11 is 3.32. The SMILES string of the molecule is C[S+](C)(=O)c1ccc(Br)cc1. The molecule has 0 atom stereocenters. The van der Waals surface area contributed by atoms with Gasteiger partial charge in [0.05, 0.1) is 0 Å². The molecule has 0 fully saturated rings. The van der Waals surface area contributed by atoms with E-state index >= 15 is 0 Å². The monoisotopic (exact) mass is 233 g/mol. The van der Waals surface area contributed by atoms with Crippen LogP contribution in [0.25, 0.3) is 0 Å². The maximum Gasteiger partial charge on any atom is 0.157 e. The Morgan fingerprint density at radius 1 is 1.18 bits per heavy atom. The molecule has 1 aromatic rings. The third kappa shape index (κ3) is 2.42. The van der Waals surface area contributed by atoms with Crippen molar-refractivity contribution in [2.75, 3.05) is 12.5 Å². The number of rotatable bonds is 1. The second kappa shape index (κ2) is 3.07. The van der Waals surface area contributed by atoms with Gasteiger partial charge in [0.15, 0.2) is 4.90 Å². The molecule has 1 nitrogen and oxygen atoms in total. The Kier molecular flexibility index (Phi) is 2.50. The molecular formula is C8H10BrOS+. The third-order valence-corrected chi connectivity index (χ3v) is 3.32. The molecule has 0 saturated carbocycles. The van der Waals surface area contributed by atoms with Crippen molar-refractivity contribution in [1.82, 2.24) is 0 Å². The van der Waals surface area contributed by atoms with Crippen molar-refractivity contribution in [2.45, 2.75) is 4.90 Å². The molecule has 0 saturated heterocycles. The van der Waals surface area contributed by atoms with Gasteiger partial charge in [-0.15, -0.1) is 4.21 Å². The maximum atomic E-state index is 11.5. The quantitative estimate of drug-likeness (QED) is 0.682. The third-order valence-electron chi connectivity index (χ3n) is 1.38. The fourth-order valence-corrected chi connectivity index (χ4v) is 1.82. The summed E-state index contributed by atoms with van der Waals surface area (Å²) in [6.07, 6.45) is 3.49. The Balaban J connectivity index is 3.09. The molecule has 11 heavy (non-hydrogen) atoms. The number of halogens is 1. The van der Waals surface area contributed by atoms with Gasteiger partial charge >= 0.3 is 0 Å². The summed E-state index contributed by atoms with van der Waals surface area (Å²) in [6, 6.07) is 7.57. The summed E-state index contributed by atoms with van der Waals surface area (Å²) in [4.78, 5) is 0.903. The Morgan fingerprint density at radius 2 is 1.64 bits per heavy atom. The van der Waals surface area contributed by atoms with Gasteiger partial charge in [-0.25, -0.2) is 0 Å². The van der Waals surface area contributed by atoms with E-state index in [9.17, 15) is 4.21 Å². The lowest BCUT2D eigenvalue weighted by molar-refractivity contribution is 0.591. The highest BCUT2D eigenvalue weighted by Gasteiger charge is 2.15. The molecule has 0 amide bonds. The Hall–Kier alpha value is -0.150. The average molecular weight is 234 g/mol. The molecule has 0 N–H and O–H groups in total. The molecular weight excluding hydrogens is 224 g/mol. The molecule has 0 unspecified atom stereocenters. The van der Waals surface area contributed by atoms with Gasteiger partial charge in [-0.3, -0.25) is 0 Å². The van der Waals surface area contributed by atoms with Gasteiger partial charge in [-0.1, -0.05) is 15.9 Å². The van der Waals surface area contributed by atoms with Crippen molar-refractivity contribution in [2.24, 2.45) is 0 Å². The smallest absolute Gasteiger partial charge is 0.100 e. The standard InChI is InChI=1S/C8H10BrOS/c1-11(2,10)8-5-3-7(9)4-6-8/h3-6H,1-2H3/q+1. The molecule has 0 aliphatic carbocycles. The lowest BCUT2D eigenvalue weighted by Gasteiger charge is -1.98. The van der Waals surface area contributed by atoms with Crippen LogP contribution in [0.15, 0.2) is 33.6 Å². The summed E-state index contributed by atoms with van der Waals surface area (Å²) < 4.78 is 12.5. The van der Waals surface area contributed by atoms with Crippen molar-refractivity contribution in [3.8, 4) is 0 Å². The van der Waals surface area contributed by atoms with Crippen LogP contribution in [0.5, 0.6) is 0 Å². The summed E-state index contributed by atoms with van der Waals surface area (Å²) in [7, 11) is -1.79. The van der Waals surface area contributed by atoms with Gasteiger partial charge in [-0.2, -0.15) is 0 Å². The maximum absolute atomic E-state index is 11.5. The first kappa shape index (κ1) is 8.94. The first-order chi connectivity index (χ1) is 5.00. The van der Waals surface area contributed by atoms with E-state index in [1.165, 1.54) is 0 Å². The molecule has 1 aromatic carbocycles. The van der Waals surface area contributed by atoms with Crippen LogP contribution in [0, 0.1) is 0 Å². The van der Waals surface area contributed by atoms with Crippen LogP contribution in [0.4, 0.5) is 0 Å². The second-order valence-electron chi connectivity index (χ2n) is 2.69. The minimum atomic E-state index is -1.79. The van der Waals surface area contributed by atoms with Crippen LogP contribution in [-0.2, 0) is 14.1 Å². The zero-order chi connectivity index (χ0) is 8.48. The van der Waals surface area contributed by atoms with Crippen molar-refractivity contribution in [3.05, 3.63) is 28.7 Å². The molecule has 3 heteroatoms. The van der Waals surface area contributed by atoms with Crippen molar-refractivity contribution in [3.63, 3.8) is 0 Å². The van der Waals surface area contributed by atoms with E-state index in [2.05, 4.69) is 15.9 Å². The van der Waals surface area contributed by atoms with Crippen molar-refractivity contribution >= 4 is 25.9 Å². The summed E-state index contributed by atoms with van der Waals surface area (Å²) in [5.41, 5.74) is 0. The minimum absolute atomic E-state index is 0.903. The average Bonchev–Trinajstić information content (AvgIpc) is 1.86. The molecule has 0 aromatic heterocycles. The van der Waals surface area contributed by atoms with Crippen LogP contribution >= 0.6 is 15.9 Å². The molecule has 0 aliphatic rings. The molecule has 0 aliphatic heterocycles. The van der Waals surface area contributed by atoms with E-state index in [0.29, 0.717) is 0 Å². The highest BCUT2D eigenvalue weighted by atomic mass is 79.9. The Morgan fingerprint density at radius 3 is 2.00 bits per heavy atom.